The Hall–Kier alpha value is -2.66. The van der Waals surface area contributed by atoms with E-state index in [1.165, 1.54) is 5.56 Å². The number of carbonyl (C=O) groups is 2. The van der Waals surface area contributed by atoms with Crippen molar-refractivity contribution in [3.63, 3.8) is 0 Å². The standard InChI is InChI=1S/C24H28N2O3/c1-17-8-10-19(11-9-17)14-25-15-21(12-23(25)27)24(28)26-13-18(2)29-22(16-26)20-6-4-3-5-7-20/h3-11,18,21-22H,12-16H2,1-2H3. The van der Waals surface area contributed by atoms with E-state index in [1.807, 2.05) is 66.1 Å². The molecule has 2 heterocycles. The molecule has 0 aromatic heterocycles. The van der Waals surface area contributed by atoms with Crippen molar-refractivity contribution >= 4 is 11.8 Å². The maximum absolute atomic E-state index is 13.2. The zero-order valence-electron chi connectivity index (χ0n) is 17.1. The van der Waals surface area contributed by atoms with E-state index in [4.69, 9.17) is 4.74 Å². The van der Waals surface area contributed by atoms with Gasteiger partial charge in [-0.05, 0) is 25.0 Å². The number of hydrogen-bond donors (Lipinski definition) is 0. The van der Waals surface area contributed by atoms with Crippen LogP contribution in [0.15, 0.2) is 54.6 Å². The Morgan fingerprint density at radius 3 is 2.48 bits per heavy atom. The summed E-state index contributed by atoms with van der Waals surface area (Å²) >= 11 is 0. The van der Waals surface area contributed by atoms with Gasteiger partial charge in [0.1, 0.15) is 6.10 Å². The minimum absolute atomic E-state index is 0.0290. The average Bonchev–Trinajstić information content (AvgIpc) is 3.09. The van der Waals surface area contributed by atoms with E-state index in [-0.39, 0.29) is 29.9 Å². The van der Waals surface area contributed by atoms with Crippen LogP contribution in [0.25, 0.3) is 0 Å². The maximum Gasteiger partial charge on any atom is 0.228 e. The lowest BCUT2D eigenvalue weighted by Gasteiger charge is -2.38. The second kappa shape index (κ2) is 8.37. The normalized spacial score (nSPS) is 24.8. The van der Waals surface area contributed by atoms with Gasteiger partial charge in [0.2, 0.25) is 11.8 Å². The Bertz CT molecular complexity index is 865. The van der Waals surface area contributed by atoms with Crippen LogP contribution < -0.4 is 0 Å². The van der Waals surface area contributed by atoms with Gasteiger partial charge >= 0.3 is 0 Å². The van der Waals surface area contributed by atoms with Gasteiger partial charge < -0.3 is 14.5 Å². The number of rotatable bonds is 4. The van der Waals surface area contributed by atoms with Crippen LogP contribution in [-0.4, -0.2) is 47.4 Å². The Morgan fingerprint density at radius 1 is 1.03 bits per heavy atom. The number of benzene rings is 2. The summed E-state index contributed by atoms with van der Waals surface area (Å²) in [4.78, 5) is 29.4. The van der Waals surface area contributed by atoms with Gasteiger partial charge in [-0.3, -0.25) is 9.59 Å². The predicted molar refractivity (Wildman–Crippen MR) is 111 cm³/mol. The fourth-order valence-corrected chi connectivity index (χ4v) is 4.25. The monoisotopic (exact) mass is 392 g/mol. The molecule has 2 aliphatic heterocycles. The molecule has 2 aliphatic rings. The third kappa shape index (κ3) is 4.51. The molecule has 5 heteroatoms. The van der Waals surface area contributed by atoms with Gasteiger partial charge in [0.05, 0.1) is 18.6 Å². The molecule has 0 bridgehead atoms. The second-order valence-corrected chi connectivity index (χ2v) is 8.25. The Morgan fingerprint density at radius 2 is 1.76 bits per heavy atom. The molecule has 2 aromatic rings. The first-order valence-electron chi connectivity index (χ1n) is 10.3. The SMILES string of the molecule is Cc1ccc(CN2CC(C(=O)N3CC(C)OC(c4ccccc4)C3)CC2=O)cc1. The molecule has 0 N–H and O–H groups in total. The zero-order valence-corrected chi connectivity index (χ0v) is 17.1. The lowest BCUT2D eigenvalue weighted by Crippen LogP contribution is -2.48. The largest absolute Gasteiger partial charge is 0.367 e. The Balaban J connectivity index is 1.41. The maximum atomic E-state index is 13.2. The van der Waals surface area contributed by atoms with Gasteiger partial charge in [0.15, 0.2) is 0 Å². The van der Waals surface area contributed by atoms with Gasteiger partial charge in [-0.1, -0.05) is 60.2 Å². The van der Waals surface area contributed by atoms with Crippen LogP contribution >= 0.6 is 0 Å². The van der Waals surface area contributed by atoms with Gasteiger partial charge in [-0.25, -0.2) is 0 Å². The number of likely N-dealkylation sites (tertiary alicyclic amines) is 1. The molecule has 0 saturated carbocycles. The second-order valence-electron chi connectivity index (χ2n) is 8.25. The number of aryl methyl sites for hydroxylation is 1. The summed E-state index contributed by atoms with van der Waals surface area (Å²) in [5.74, 6) is -0.139. The number of morpholine rings is 1. The van der Waals surface area contributed by atoms with Crippen LogP contribution in [0.3, 0.4) is 0 Å². The molecule has 4 rings (SSSR count). The van der Waals surface area contributed by atoms with Crippen molar-refractivity contribution in [2.24, 2.45) is 5.92 Å². The molecule has 2 fully saturated rings. The fourth-order valence-electron chi connectivity index (χ4n) is 4.25. The minimum atomic E-state index is -0.269. The molecule has 0 aliphatic carbocycles. The van der Waals surface area contributed by atoms with Crippen molar-refractivity contribution in [1.29, 1.82) is 0 Å². The summed E-state index contributed by atoms with van der Waals surface area (Å²) < 4.78 is 6.08. The molecule has 3 atom stereocenters. The minimum Gasteiger partial charge on any atom is -0.367 e. The van der Waals surface area contributed by atoms with Crippen LogP contribution in [-0.2, 0) is 20.9 Å². The topological polar surface area (TPSA) is 49.9 Å². The molecule has 5 nitrogen and oxygen atoms in total. The van der Waals surface area contributed by atoms with E-state index < -0.39 is 0 Å². The zero-order chi connectivity index (χ0) is 20.4. The van der Waals surface area contributed by atoms with E-state index >= 15 is 0 Å². The van der Waals surface area contributed by atoms with Gasteiger partial charge in [0.25, 0.3) is 0 Å². The number of amides is 2. The van der Waals surface area contributed by atoms with E-state index in [0.29, 0.717) is 32.6 Å². The van der Waals surface area contributed by atoms with Crippen molar-refractivity contribution in [3.8, 4) is 0 Å². The van der Waals surface area contributed by atoms with Crippen LogP contribution in [0.5, 0.6) is 0 Å². The summed E-state index contributed by atoms with van der Waals surface area (Å²) in [5.41, 5.74) is 3.38. The molecular formula is C24H28N2O3. The molecule has 29 heavy (non-hydrogen) atoms. The first kappa shape index (κ1) is 19.6. The van der Waals surface area contributed by atoms with Gasteiger partial charge in [0, 0.05) is 26.1 Å². The third-order valence-electron chi connectivity index (χ3n) is 5.80. The molecule has 2 aromatic carbocycles. The summed E-state index contributed by atoms with van der Waals surface area (Å²) in [5, 5.41) is 0. The summed E-state index contributed by atoms with van der Waals surface area (Å²) in [6.45, 7) is 6.22. The van der Waals surface area contributed by atoms with Crippen molar-refractivity contribution in [2.45, 2.75) is 39.0 Å². The molecule has 2 saturated heterocycles. The van der Waals surface area contributed by atoms with Crippen molar-refractivity contribution in [3.05, 3.63) is 71.3 Å². The fraction of sp³-hybridized carbons (Fsp3) is 0.417. The van der Waals surface area contributed by atoms with E-state index in [9.17, 15) is 9.59 Å². The molecule has 2 amide bonds. The van der Waals surface area contributed by atoms with Crippen molar-refractivity contribution < 1.29 is 14.3 Å². The summed E-state index contributed by atoms with van der Waals surface area (Å²) in [6, 6.07) is 18.2. The number of ether oxygens (including phenoxy) is 1. The van der Waals surface area contributed by atoms with Crippen LogP contribution in [0.2, 0.25) is 0 Å². The highest BCUT2D eigenvalue weighted by molar-refractivity contribution is 5.89. The first-order chi connectivity index (χ1) is 14.0. The highest BCUT2D eigenvalue weighted by Gasteiger charge is 2.39. The molecule has 3 unspecified atom stereocenters. The lowest BCUT2D eigenvalue weighted by molar-refractivity contribution is -0.148. The smallest absolute Gasteiger partial charge is 0.228 e. The lowest BCUT2D eigenvalue weighted by atomic mass is 10.0. The average molecular weight is 392 g/mol. The summed E-state index contributed by atoms with van der Waals surface area (Å²) in [7, 11) is 0. The molecule has 152 valence electrons. The van der Waals surface area contributed by atoms with Crippen molar-refractivity contribution in [1.82, 2.24) is 9.80 Å². The first-order valence-corrected chi connectivity index (χ1v) is 10.3. The van der Waals surface area contributed by atoms with Crippen molar-refractivity contribution in [2.75, 3.05) is 19.6 Å². The third-order valence-corrected chi connectivity index (χ3v) is 5.80. The Labute approximate surface area is 172 Å². The quantitative estimate of drug-likeness (QED) is 0.802. The predicted octanol–water partition coefficient (Wildman–Crippen LogP) is 3.33. The Kier molecular flexibility index (Phi) is 5.67. The molecular weight excluding hydrogens is 364 g/mol. The number of hydrogen-bond acceptors (Lipinski definition) is 3. The van der Waals surface area contributed by atoms with E-state index in [1.54, 1.807) is 0 Å². The number of carbonyl (C=O) groups excluding carboxylic acids is 2. The number of nitrogens with zero attached hydrogens (tertiary/aromatic N) is 2. The highest BCUT2D eigenvalue weighted by atomic mass is 16.5. The van der Waals surface area contributed by atoms with Gasteiger partial charge in [-0.15, -0.1) is 0 Å². The van der Waals surface area contributed by atoms with Crippen LogP contribution in [0.4, 0.5) is 0 Å². The highest BCUT2D eigenvalue weighted by Crippen LogP contribution is 2.28. The van der Waals surface area contributed by atoms with E-state index in [0.717, 1.165) is 11.1 Å². The molecule has 0 radical (unpaired) electrons. The van der Waals surface area contributed by atoms with E-state index in [2.05, 4.69) is 12.1 Å². The van der Waals surface area contributed by atoms with Crippen LogP contribution in [0, 0.1) is 12.8 Å². The van der Waals surface area contributed by atoms with Crippen LogP contribution in [0.1, 0.15) is 36.1 Å². The van der Waals surface area contributed by atoms with Gasteiger partial charge in [-0.2, -0.15) is 0 Å². The summed E-state index contributed by atoms with van der Waals surface area (Å²) in [6.07, 6.45) is 0.148. The molecule has 0 spiro atoms.